The lowest BCUT2D eigenvalue weighted by atomic mass is 9.94. The third-order valence-corrected chi connectivity index (χ3v) is 9.76. The number of aromatic nitrogens is 2. The molecule has 2 amide bonds. The van der Waals surface area contributed by atoms with Crippen molar-refractivity contribution in [2.75, 3.05) is 12.0 Å². The molecule has 0 bridgehead atoms. The van der Waals surface area contributed by atoms with E-state index in [4.69, 9.17) is 11.6 Å². The molecule has 0 spiro atoms. The van der Waals surface area contributed by atoms with Crippen molar-refractivity contribution in [3.63, 3.8) is 0 Å². The van der Waals surface area contributed by atoms with Gasteiger partial charge in [-0.05, 0) is 113 Å². The van der Waals surface area contributed by atoms with E-state index in [9.17, 15) is 26.8 Å². The molecular weight excluding hydrogens is 690 g/mol. The van der Waals surface area contributed by atoms with E-state index in [0.29, 0.717) is 34.0 Å². The Kier molecular flexibility index (Phi) is 11.7. The molecule has 49 heavy (non-hydrogen) atoms. The minimum atomic E-state index is -4.25. The molecule has 252 valence electrons. The standard InChI is InChI=1S/C36H31ClF2N4O4S2/c1-48-19-16-34(36(45)42-49(46,47)31-13-7-28(37)8-14-31)41-35(44)32-15-2-24(21-33(32)26-5-11-30(39)12-6-26)20-27(22-43-18-17-40-23-43)25-3-9-29(38)10-4-25/h2-15,17-18,20-21,23,34H,16,19,22H2,1H3,(H,41,44)(H,42,45)/b27-20-/t34-/m0/s1. The van der Waals surface area contributed by atoms with Crippen molar-refractivity contribution in [3.8, 4) is 11.1 Å². The first kappa shape index (κ1) is 35.5. The predicted octanol–water partition coefficient (Wildman–Crippen LogP) is 7.08. The van der Waals surface area contributed by atoms with Gasteiger partial charge in [0.15, 0.2) is 0 Å². The summed E-state index contributed by atoms with van der Waals surface area (Å²) in [6, 6.07) is 20.9. The van der Waals surface area contributed by atoms with Gasteiger partial charge in [-0.3, -0.25) is 9.59 Å². The summed E-state index contributed by atoms with van der Waals surface area (Å²) in [7, 11) is -4.25. The topological polar surface area (TPSA) is 110 Å². The Morgan fingerprint density at radius 2 is 1.63 bits per heavy atom. The van der Waals surface area contributed by atoms with Crippen LogP contribution in [0, 0.1) is 11.6 Å². The van der Waals surface area contributed by atoms with Gasteiger partial charge in [-0.2, -0.15) is 11.8 Å². The maximum absolute atomic E-state index is 13.9. The monoisotopic (exact) mass is 720 g/mol. The summed E-state index contributed by atoms with van der Waals surface area (Å²) in [6.45, 7) is 0.422. The number of sulfonamides is 1. The molecule has 0 radical (unpaired) electrons. The van der Waals surface area contributed by atoms with Crippen molar-refractivity contribution in [2.45, 2.75) is 23.9 Å². The number of imidazole rings is 1. The first-order valence-electron chi connectivity index (χ1n) is 15.0. The third-order valence-electron chi connectivity index (χ3n) is 7.50. The van der Waals surface area contributed by atoms with Crippen LogP contribution in [-0.4, -0.2) is 47.8 Å². The summed E-state index contributed by atoms with van der Waals surface area (Å²) in [4.78, 5) is 31.1. The summed E-state index contributed by atoms with van der Waals surface area (Å²) < 4.78 is 57.5. The smallest absolute Gasteiger partial charge is 0.264 e. The molecule has 0 aliphatic rings. The fourth-order valence-electron chi connectivity index (χ4n) is 5.00. The fraction of sp³-hybridized carbons (Fsp3) is 0.139. The van der Waals surface area contributed by atoms with Crippen molar-refractivity contribution in [1.29, 1.82) is 0 Å². The Hall–Kier alpha value is -4.78. The molecule has 0 aliphatic heterocycles. The second-order valence-electron chi connectivity index (χ2n) is 11.0. The minimum Gasteiger partial charge on any atom is -0.340 e. The van der Waals surface area contributed by atoms with Crippen LogP contribution in [0.25, 0.3) is 22.8 Å². The van der Waals surface area contributed by atoms with Crippen LogP contribution in [0.15, 0.2) is 115 Å². The molecule has 4 aromatic carbocycles. The lowest BCUT2D eigenvalue weighted by Gasteiger charge is -2.20. The van der Waals surface area contributed by atoms with Crippen molar-refractivity contribution < 1.29 is 26.8 Å². The second-order valence-corrected chi connectivity index (χ2v) is 14.1. The normalized spacial score (nSPS) is 12.4. The highest BCUT2D eigenvalue weighted by Gasteiger charge is 2.27. The minimum absolute atomic E-state index is 0.150. The van der Waals surface area contributed by atoms with Gasteiger partial charge in [0.2, 0.25) is 0 Å². The van der Waals surface area contributed by atoms with Crippen LogP contribution < -0.4 is 10.0 Å². The van der Waals surface area contributed by atoms with Crippen LogP contribution in [0.4, 0.5) is 8.78 Å². The van der Waals surface area contributed by atoms with Crippen LogP contribution in [0.2, 0.25) is 5.02 Å². The van der Waals surface area contributed by atoms with Gasteiger partial charge in [0.1, 0.15) is 17.7 Å². The van der Waals surface area contributed by atoms with E-state index in [-0.39, 0.29) is 22.7 Å². The van der Waals surface area contributed by atoms with E-state index in [2.05, 4.69) is 15.0 Å². The van der Waals surface area contributed by atoms with Crippen molar-refractivity contribution >= 4 is 56.8 Å². The number of hydrogen-bond acceptors (Lipinski definition) is 6. The van der Waals surface area contributed by atoms with Crippen molar-refractivity contribution in [3.05, 3.63) is 143 Å². The Bertz CT molecular complexity index is 2060. The molecule has 0 aliphatic carbocycles. The number of nitrogens with one attached hydrogen (secondary N) is 2. The molecule has 5 aromatic rings. The first-order valence-corrected chi connectivity index (χ1v) is 18.2. The molecular formula is C36H31ClF2N4O4S2. The molecule has 13 heteroatoms. The molecule has 8 nitrogen and oxygen atoms in total. The average Bonchev–Trinajstić information content (AvgIpc) is 3.60. The maximum atomic E-state index is 13.9. The van der Waals surface area contributed by atoms with Crippen LogP contribution in [0.5, 0.6) is 0 Å². The van der Waals surface area contributed by atoms with E-state index in [1.165, 1.54) is 72.4 Å². The lowest BCUT2D eigenvalue weighted by molar-refractivity contribution is -0.121. The number of carbonyl (C=O) groups is 2. The summed E-state index contributed by atoms with van der Waals surface area (Å²) in [5.74, 6) is -1.90. The molecule has 1 aromatic heterocycles. The highest BCUT2D eigenvalue weighted by Crippen LogP contribution is 2.29. The van der Waals surface area contributed by atoms with Gasteiger partial charge < -0.3 is 9.88 Å². The molecule has 1 heterocycles. The van der Waals surface area contributed by atoms with E-state index >= 15 is 0 Å². The number of thioether (sulfide) groups is 1. The van der Waals surface area contributed by atoms with Gasteiger partial charge in [0.25, 0.3) is 21.8 Å². The summed E-state index contributed by atoms with van der Waals surface area (Å²) >= 11 is 7.31. The fourth-order valence-corrected chi connectivity index (χ4v) is 6.61. The van der Waals surface area contributed by atoms with E-state index in [1.807, 2.05) is 16.9 Å². The number of carbonyl (C=O) groups excluding carboxylic acids is 2. The predicted molar refractivity (Wildman–Crippen MR) is 189 cm³/mol. The van der Waals surface area contributed by atoms with Crippen molar-refractivity contribution in [1.82, 2.24) is 19.6 Å². The maximum Gasteiger partial charge on any atom is 0.264 e. The van der Waals surface area contributed by atoms with Gasteiger partial charge >= 0.3 is 0 Å². The van der Waals surface area contributed by atoms with Crippen LogP contribution in [0.3, 0.4) is 0 Å². The Balaban J connectivity index is 1.49. The number of rotatable bonds is 13. The number of halogens is 3. The van der Waals surface area contributed by atoms with Gasteiger partial charge in [0.05, 0.1) is 11.2 Å². The quantitative estimate of drug-likeness (QED) is 0.126. The highest BCUT2D eigenvalue weighted by molar-refractivity contribution is 7.98. The van der Waals surface area contributed by atoms with Gasteiger partial charge in [-0.25, -0.2) is 26.9 Å². The summed E-state index contributed by atoms with van der Waals surface area (Å²) in [5.41, 5.74) is 3.47. The first-order chi connectivity index (χ1) is 23.5. The zero-order valence-corrected chi connectivity index (χ0v) is 28.5. The molecule has 1 atom stereocenters. The summed E-state index contributed by atoms with van der Waals surface area (Å²) in [6.07, 6.45) is 9.00. The number of amides is 2. The van der Waals surface area contributed by atoms with Crippen molar-refractivity contribution in [2.24, 2.45) is 0 Å². The molecule has 0 saturated carbocycles. The van der Waals surface area contributed by atoms with Crippen LogP contribution >= 0.6 is 23.4 Å². The number of benzene rings is 4. The molecule has 2 N–H and O–H groups in total. The second kappa shape index (κ2) is 16.1. The number of nitrogens with zero attached hydrogens (tertiary/aromatic N) is 2. The average molecular weight is 721 g/mol. The van der Waals surface area contributed by atoms with Crippen LogP contribution in [0.1, 0.15) is 27.9 Å². The Labute approximate surface area is 292 Å². The zero-order valence-electron chi connectivity index (χ0n) is 26.1. The van der Waals surface area contributed by atoms with Gasteiger partial charge in [-0.1, -0.05) is 41.9 Å². The third kappa shape index (κ3) is 9.44. The number of hydrogen-bond donors (Lipinski definition) is 2. The van der Waals surface area contributed by atoms with E-state index in [1.54, 1.807) is 49.1 Å². The number of allylic oxidation sites excluding steroid dienone is 1. The van der Waals surface area contributed by atoms with E-state index < -0.39 is 33.7 Å². The van der Waals surface area contributed by atoms with E-state index in [0.717, 1.165) is 11.1 Å². The highest BCUT2D eigenvalue weighted by atomic mass is 35.5. The zero-order chi connectivity index (χ0) is 35.0. The molecule has 5 rings (SSSR count). The summed E-state index contributed by atoms with van der Waals surface area (Å²) in [5, 5.41) is 3.04. The Morgan fingerprint density at radius 3 is 2.27 bits per heavy atom. The Morgan fingerprint density at radius 1 is 0.959 bits per heavy atom. The molecule has 0 fully saturated rings. The van der Waals surface area contributed by atoms with Gasteiger partial charge in [0, 0.05) is 29.5 Å². The lowest BCUT2D eigenvalue weighted by Crippen LogP contribution is -2.48. The molecule has 0 saturated heterocycles. The van der Waals surface area contributed by atoms with Crippen LogP contribution in [-0.2, 0) is 21.4 Å². The largest absolute Gasteiger partial charge is 0.340 e. The molecule has 0 unspecified atom stereocenters. The SMILES string of the molecule is CSCC[C@H](NC(=O)c1ccc(/C=C(/Cn2ccnc2)c2ccc(F)cc2)cc1-c1ccc(F)cc1)C(=O)NS(=O)(=O)c1ccc(Cl)cc1. The van der Waals surface area contributed by atoms with Gasteiger partial charge in [-0.15, -0.1) is 0 Å².